The summed E-state index contributed by atoms with van der Waals surface area (Å²) >= 11 is 0. The van der Waals surface area contributed by atoms with E-state index in [2.05, 4.69) is 30.9 Å². The molecule has 0 aromatic carbocycles. The molecule has 0 aliphatic heterocycles. The first kappa shape index (κ1) is 22.2. The minimum absolute atomic E-state index is 0. The van der Waals surface area contributed by atoms with Crippen molar-refractivity contribution in [3.63, 3.8) is 0 Å². The third-order valence-corrected chi connectivity index (χ3v) is 3.50. The molecule has 2 N–H and O–H groups in total. The number of hydrogen-bond acceptors (Lipinski definition) is 4. The largest absolute Gasteiger partial charge is 0.435 e. The number of nitrogens with one attached hydrogen (secondary N) is 2. The fourth-order valence-electron chi connectivity index (χ4n) is 2.34. The number of hydrogen-bond donors (Lipinski definition) is 2. The minimum atomic E-state index is -4.49. The van der Waals surface area contributed by atoms with Crippen molar-refractivity contribution in [3.05, 3.63) is 29.6 Å². The first-order valence-corrected chi connectivity index (χ1v) is 7.76. The van der Waals surface area contributed by atoms with Crippen molar-refractivity contribution in [1.82, 2.24) is 35.2 Å². The normalized spacial score (nSPS) is 12.0. The van der Waals surface area contributed by atoms with Crippen LogP contribution in [0.25, 0.3) is 0 Å². The van der Waals surface area contributed by atoms with Crippen LogP contribution in [0.4, 0.5) is 13.2 Å². The predicted octanol–water partition coefficient (Wildman–Crippen LogP) is 1.58. The van der Waals surface area contributed by atoms with Gasteiger partial charge in [0.15, 0.2) is 11.7 Å². The lowest BCUT2D eigenvalue weighted by atomic mass is 10.2. The van der Waals surface area contributed by atoms with E-state index in [1.54, 1.807) is 13.4 Å². The Balaban J connectivity index is 0.00000338. The molecule has 0 unspecified atom stereocenters. The molecule has 2 rings (SSSR count). The first-order valence-electron chi connectivity index (χ1n) is 7.76. The van der Waals surface area contributed by atoms with Gasteiger partial charge in [0, 0.05) is 51.9 Å². The molecule has 0 bridgehead atoms. The fraction of sp³-hybridized carbons (Fsp3) is 0.571. The molecule has 12 heteroatoms. The average molecular weight is 486 g/mol. The van der Waals surface area contributed by atoms with Crippen molar-refractivity contribution < 1.29 is 13.2 Å². The van der Waals surface area contributed by atoms with Gasteiger partial charge in [-0.25, -0.2) is 0 Å². The van der Waals surface area contributed by atoms with Gasteiger partial charge in [0.25, 0.3) is 0 Å². The molecule has 0 aliphatic carbocycles. The van der Waals surface area contributed by atoms with Crippen molar-refractivity contribution in [1.29, 1.82) is 0 Å². The van der Waals surface area contributed by atoms with Crippen LogP contribution in [0, 0.1) is 0 Å². The van der Waals surface area contributed by atoms with E-state index in [9.17, 15) is 13.2 Å². The highest BCUT2D eigenvalue weighted by molar-refractivity contribution is 14.0. The van der Waals surface area contributed by atoms with Gasteiger partial charge in [-0.1, -0.05) is 6.92 Å². The average Bonchev–Trinajstić information content (AvgIpc) is 3.16. The lowest BCUT2D eigenvalue weighted by Crippen LogP contribution is -2.38. The Kier molecular flexibility index (Phi) is 8.30. The number of nitrogens with zero attached hydrogens (tertiary/aromatic N) is 6. The van der Waals surface area contributed by atoms with Gasteiger partial charge in [-0.2, -0.15) is 18.3 Å². The second kappa shape index (κ2) is 9.73. The van der Waals surface area contributed by atoms with Crippen molar-refractivity contribution >= 4 is 29.9 Å². The molecule has 0 amide bonds. The summed E-state index contributed by atoms with van der Waals surface area (Å²) < 4.78 is 41.9. The highest BCUT2D eigenvalue weighted by Gasteiger charge is 2.36. The molecule has 0 atom stereocenters. The molecule has 2 heterocycles. The van der Waals surface area contributed by atoms with Crippen LogP contribution in [0.3, 0.4) is 0 Å². The maximum absolute atomic E-state index is 12.9. The number of aromatic nitrogens is 5. The second-order valence-corrected chi connectivity index (χ2v) is 5.32. The Morgan fingerprint density at radius 2 is 2.04 bits per heavy atom. The molecule has 0 saturated heterocycles. The van der Waals surface area contributed by atoms with E-state index >= 15 is 0 Å². The lowest BCUT2D eigenvalue weighted by Gasteiger charge is -2.13. The van der Waals surface area contributed by atoms with E-state index in [0.717, 1.165) is 16.9 Å². The number of aliphatic imine (C=N–C) groups is 1. The van der Waals surface area contributed by atoms with E-state index in [1.165, 1.54) is 13.2 Å². The highest BCUT2D eigenvalue weighted by Crippen LogP contribution is 2.30. The summed E-state index contributed by atoms with van der Waals surface area (Å²) in [6, 6.07) is 0. The molecule has 0 saturated carbocycles. The summed E-state index contributed by atoms with van der Waals surface area (Å²) in [6.07, 6.45) is -0.732. The van der Waals surface area contributed by atoms with Crippen LogP contribution in [0.1, 0.15) is 24.0 Å². The van der Waals surface area contributed by atoms with Crippen LogP contribution >= 0.6 is 24.0 Å². The molecule has 0 aliphatic rings. The van der Waals surface area contributed by atoms with Crippen molar-refractivity contribution in [2.45, 2.75) is 32.6 Å². The second-order valence-electron chi connectivity index (χ2n) is 5.32. The Morgan fingerprint density at radius 1 is 1.31 bits per heavy atom. The topological polar surface area (TPSA) is 85.0 Å². The fourth-order valence-corrected chi connectivity index (χ4v) is 2.34. The molecular weight excluding hydrogens is 464 g/mol. The van der Waals surface area contributed by atoms with E-state index in [4.69, 9.17) is 0 Å². The van der Waals surface area contributed by atoms with Crippen molar-refractivity contribution in [2.75, 3.05) is 13.6 Å². The summed E-state index contributed by atoms with van der Waals surface area (Å²) in [5, 5.41) is 17.2. The zero-order chi connectivity index (χ0) is 18.4. The van der Waals surface area contributed by atoms with Gasteiger partial charge in [-0.05, 0) is 0 Å². The summed E-state index contributed by atoms with van der Waals surface area (Å²) in [7, 11) is 3.01. The minimum Gasteiger partial charge on any atom is -0.355 e. The highest BCUT2D eigenvalue weighted by atomic mass is 127. The standard InChI is InChI=1S/C14H21F3N8.HI/c1-4-11-22-21-9-25(11)6-5-19-13(18-2)20-7-10-8-24(3)23-12(10)14(15,16)17;/h8-9H,4-7H2,1-3H3,(H2,18,19,20);1H. The molecule has 0 radical (unpaired) electrons. The predicted molar refractivity (Wildman–Crippen MR) is 101 cm³/mol. The van der Waals surface area contributed by atoms with Gasteiger partial charge in [0.1, 0.15) is 12.2 Å². The molecular formula is C14H22F3IN8. The SMILES string of the molecule is CCc1nncn1CCNC(=NC)NCc1cn(C)nc1C(F)(F)F.I. The maximum Gasteiger partial charge on any atom is 0.435 e. The van der Waals surface area contributed by atoms with Crippen LogP contribution in [0.2, 0.25) is 0 Å². The van der Waals surface area contributed by atoms with Crippen molar-refractivity contribution in [2.24, 2.45) is 12.0 Å². The van der Waals surface area contributed by atoms with Gasteiger partial charge in [0.05, 0.1) is 0 Å². The van der Waals surface area contributed by atoms with Gasteiger partial charge >= 0.3 is 6.18 Å². The molecule has 8 nitrogen and oxygen atoms in total. The number of halogens is 4. The van der Waals surface area contributed by atoms with Crippen LogP contribution in [0.5, 0.6) is 0 Å². The molecule has 2 aromatic heterocycles. The van der Waals surface area contributed by atoms with Gasteiger partial charge in [-0.15, -0.1) is 34.2 Å². The number of rotatable bonds is 6. The van der Waals surface area contributed by atoms with E-state index in [0.29, 0.717) is 19.0 Å². The van der Waals surface area contributed by atoms with Crippen LogP contribution in [-0.4, -0.2) is 44.1 Å². The zero-order valence-corrected chi connectivity index (χ0v) is 17.0. The van der Waals surface area contributed by atoms with E-state index < -0.39 is 11.9 Å². The third kappa shape index (κ3) is 5.85. The van der Waals surface area contributed by atoms with E-state index in [1.807, 2.05) is 11.5 Å². The third-order valence-electron chi connectivity index (χ3n) is 3.50. The number of guanidine groups is 1. The Labute approximate surface area is 166 Å². The summed E-state index contributed by atoms with van der Waals surface area (Å²) in [5.41, 5.74) is -0.833. The van der Waals surface area contributed by atoms with Gasteiger partial charge in [0.2, 0.25) is 0 Å². The Bertz CT molecular complexity index is 722. The summed E-state index contributed by atoms with van der Waals surface area (Å²) in [5.74, 6) is 1.28. The number of alkyl halides is 3. The first-order chi connectivity index (χ1) is 11.8. The van der Waals surface area contributed by atoms with E-state index in [-0.39, 0.29) is 36.1 Å². The quantitative estimate of drug-likeness (QED) is 0.368. The number of aryl methyl sites for hydroxylation is 2. The monoisotopic (exact) mass is 486 g/mol. The van der Waals surface area contributed by atoms with Gasteiger partial charge < -0.3 is 15.2 Å². The molecule has 2 aromatic rings. The molecule has 0 spiro atoms. The maximum atomic E-state index is 12.9. The summed E-state index contributed by atoms with van der Waals surface area (Å²) in [6.45, 7) is 3.11. The molecule has 146 valence electrons. The molecule has 0 fully saturated rings. The Hall–Kier alpha value is -1.86. The van der Waals surface area contributed by atoms with Gasteiger partial charge in [-0.3, -0.25) is 9.67 Å². The van der Waals surface area contributed by atoms with Crippen molar-refractivity contribution in [3.8, 4) is 0 Å². The Morgan fingerprint density at radius 3 is 2.65 bits per heavy atom. The lowest BCUT2D eigenvalue weighted by molar-refractivity contribution is -0.142. The summed E-state index contributed by atoms with van der Waals surface area (Å²) in [4.78, 5) is 4.01. The van der Waals surface area contributed by atoms with Crippen LogP contribution in [-0.2, 0) is 32.7 Å². The van der Waals surface area contributed by atoms with Crippen LogP contribution in [0.15, 0.2) is 17.5 Å². The smallest absolute Gasteiger partial charge is 0.355 e. The molecule has 26 heavy (non-hydrogen) atoms. The zero-order valence-electron chi connectivity index (χ0n) is 14.7. The van der Waals surface area contributed by atoms with Crippen LogP contribution < -0.4 is 10.6 Å².